The lowest BCUT2D eigenvalue weighted by Crippen LogP contribution is -2.54. The summed E-state index contributed by atoms with van der Waals surface area (Å²) in [6.45, 7) is 12.5. The maximum Gasteiger partial charge on any atom is 0.281 e. The van der Waals surface area contributed by atoms with Crippen molar-refractivity contribution in [2.24, 2.45) is 52.3 Å². The second kappa shape index (κ2) is 9.92. The third-order valence-electron chi connectivity index (χ3n) is 11.2. The summed E-state index contributed by atoms with van der Waals surface area (Å²) in [4.78, 5) is 0. The Morgan fingerprint density at radius 3 is 2.30 bits per heavy atom. The largest absolute Gasteiger partial charge is 0.281 e. The standard InChI is InChI=1S/C28H49ClO3S/c1-19(2)7-6-8-20(3)24-11-12-25-23-10-9-21-17-22(32-33(30,31)18-29)13-15-27(21,4)26(23)14-16-28(24,25)5/h19-26H,6-18H2,1-5H3/t20-,21+,22+,23+,24-,25+,26+,27+,28-/m1/s1. The first kappa shape index (κ1) is 26.3. The fourth-order valence-electron chi connectivity index (χ4n) is 9.56. The van der Waals surface area contributed by atoms with Crippen LogP contribution in [0, 0.1) is 52.3 Å². The van der Waals surface area contributed by atoms with Crippen molar-refractivity contribution in [3.8, 4) is 0 Å². The zero-order chi connectivity index (χ0) is 24.0. The monoisotopic (exact) mass is 500 g/mol. The van der Waals surface area contributed by atoms with Crippen molar-refractivity contribution in [2.75, 3.05) is 5.21 Å². The van der Waals surface area contributed by atoms with Crippen LogP contribution in [0.1, 0.15) is 112 Å². The molecule has 4 aliphatic rings. The Labute approximate surface area is 209 Å². The van der Waals surface area contributed by atoms with Gasteiger partial charge in [-0.05, 0) is 110 Å². The smallest absolute Gasteiger partial charge is 0.266 e. The minimum absolute atomic E-state index is 0.167. The predicted molar refractivity (Wildman–Crippen MR) is 138 cm³/mol. The summed E-state index contributed by atoms with van der Waals surface area (Å²) in [5, 5.41) is -0.437. The molecule has 0 spiro atoms. The molecule has 0 aromatic rings. The van der Waals surface area contributed by atoms with Crippen LogP contribution >= 0.6 is 11.6 Å². The number of halogens is 1. The molecule has 33 heavy (non-hydrogen) atoms. The zero-order valence-corrected chi connectivity index (χ0v) is 23.4. The summed E-state index contributed by atoms with van der Waals surface area (Å²) in [6, 6.07) is 0. The normalized spacial score (nSPS) is 44.2. The molecule has 0 aromatic heterocycles. The van der Waals surface area contributed by atoms with E-state index >= 15 is 0 Å². The third kappa shape index (κ3) is 5.06. The fourth-order valence-corrected chi connectivity index (χ4v) is 10.4. The van der Waals surface area contributed by atoms with Gasteiger partial charge in [-0.2, -0.15) is 8.42 Å². The van der Waals surface area contributed by atoms with E-state index in [2.05, 4.69) is 34.6 Å². The molecule has 0 saturated heterocycles. The van der Waals surface area contributed by atoms with Crippen molar-refractivity contribution in [1.29, 1.82) is 0 Å². The van der Waals surface area contributed by atoms with Gasteiger partial charge in [0, 0.05) is 0 Å². The molecule has 0 unspecified atom stereocenters. The minimum atomic E-state index is -3.58. The lowest BCUT2D eigenvalue weighted by atomic mass is 9.44. The molecule has 4 fully saturated rings. The summed E-state index contributed by atoms with van der Waals surface area (Å²) in [5.41, 5.74) is 0.895. The molecule has 0 radical (unpaired) electrons. The lowest BCUT2D eigenvalue weighted by molar-refractivity contribution is -0.126. The number of fused-ring (bicyclic) bond motifs is 5. The van der Waals surface area contributed by atoms with Gasteiger partial charge in [-0.3, -0.25) is 4.18 Å². The van der Waals surface area contributed by atoms with Gasteiger partial charge in [-0.1, -0.05) is 53.9 Å². The van der Waals surface area contributed by atoms with Crippen LogP contribution < -0.4 is 0 Å². The van der Waals surface area contributed by atoms with Gasteiger partial charge in [0.05, 0.1) is 6.10 Å². The summed E-state index contributed by atoms with van der Waals surface area (Å²) < 4.78 is 29.3. The van der Waals surface area contributed by atoms with E-state index < -0.39 is 15.3 Å². The van der Waals surface area contributed by atoms with Crippen molar-refractivity contribution < 1.29 is 12.6 Å². The Kier molecular flexibility index (Phi) is 7.90. The van der Waals surface area contributed by atoms with Crippen LogP contribution in [-0.2, 0) is 14.3 Å². The van der Waals surface area contributed by atoms with Crippen molar-refractivity contribution >= 4 is 21.7 Å². The van der Waals surface area contributed by atoms with Crippen molar-refractivity contribution in [2.45, 2.75) is 118 Å². The van der Waals surface area contributed by atoms with E-state index in [-0.39, 0.29) is 6.10 Å². The highest BCUT2D eigenvalue weighted by Gasteiger charge is 2.60. The second-order valence-corrected chi connectivity index (χ2v) is 15.5. The molecule has 0 aliphatic heterocycles. The summed E-state index contributed by atoms with van der Waals surface area (Å²) in [6.07, 6.45) is 15.1. The molecule has 4 saturated carbocycles. The van der Waals surface area contributed by atoms with E-state index in [1.54, 1.807) is 0 Å². The highest BCUT2D eigenvalue weighted by Crippen LogP contribution is 2.68. The van der Waals surface area contributed by atoms with Crippen LogP contribution in [0.4, 0.5) is 0 Å². The maximum absolute atomic E-state index is 11.9. The van der Waals surface area contributed by atoms with Crippen molar-refractivity contribution in [3.63, 3.8) is 0 Å². The van der Waals surface area contributed by atoms with Crippen LogP contribution in [0.3, 0.4) is 0 Å². The Balaban J connectivity index is 1.42. The summed E-state index contributed by atoms with van der Waals surface area (Å²) in [5.74, 6) is 5.78. The van der Waals surface area contributed by atoms with E-state index in [0.29, 0.717) is 16.7 Å². The van der Waals surface area contributed by atoms with Gasteiger partial charge in [0.15, 0.2) is 0 Å². The second-order valence-electron chi connectivity index (χ2n) is 13.3. The Morgan fingerprint density at radius 1 is 0.909 bits per heavy atom. The molecular formula is C28H49ClO3S. The lowest BCUT2D eigenvalue weighted by Gasteiger charge is -2.61. The molecule has 4 aliphatic carbocycles. The minimum Gasteiger partial charge on any atom is -0.266 e. The van der Waals surface area contributed by atoms with Gasteiger partial charge in [-0.25, -0.2) is 0 Å². The van der Waals surface area contributed by atoms with Gasteiger partial charge in [0.1, 0.15) is 5.21 Å². The van der Waals surface area contributed by atoms with Gasteiger partial charge in [0.2, 0.25) is 0 Å². The topological polar surface area (TPSA) is 43.4 Å². The SMILES string of the molecule is CC(C)CCC[C@@H](C)[C@H]1CC[C@H]2[C@@H]3CC[C@H]4C[C@@H](OS(=O)(=O)CCl)CC[C@]4(C)[C@H]3CC[C@]12C. The first-order chi connectivity index (χ1) is 15.5. The average Bonchev–Trinajstić information content (AvgIpc) is 3.11. The third-order valence-corrected chi connectivity index (χ3v) is 12.9. The van der Waals surface area contributed by atoms with Crippen LogP contribution in [0.5, 0.6) is 0 Å². The first-order valence-electron chi connectivity index (χ1n) is 14.0. The fraction of sp³-hybridized carbons (Fsp3) is 1.00. The molecule has 192 valence electrons. The van der Waals surface area contributed by atoms with Crippen LogP contribution in [0.2, 0.25) is 0 Å². The molecule has 0 aromatic carbocycles. The van der Waals surface area contributed by atoms with Gasteiger partial charge >= 0.3 is 0 Å². The molecule has 9 atom stereocenters. The summed E-state index contributed by atoms with van der Waals surface area (Å²) >= 11 is 5.60. The summed E-state index contributed by atoms with van der Waals surface area (Å²) in [7, 11) is -3.58. The Bertz CT molecular complexity index is 782. The Hall–Kier alpha value is 0.200. The molecule has 0 N–H and O–H groups in total. The molecule has 0 amide bonds. The molecule has 0 heterocycles. The average molecular weight is 501 g/mol. The number of rotatable bonds is 8. The Morgan fingerprint density at radius 2 is 1.61 bits per heavy atom. The number of alkyl halides is 1. The van der Waals surface area contributed by atoms with E-state index in [0.717, 1.165) is 54.8 Å². The van der Waals surface area contributed by atoms with Crippen LogP contribution in [0.25, 0.3) is 0 Å². The molecule has 4 rings (SSSR count). The van der Waals surface area contributed by atoms with E-state index in [1.807, 2.05) is 0 Å². The van der Waals surface area contributed by atoms with Gasteiger partial charge in [-0.15, -0.1) is 11.6 Å². The predicted octanol–water partition coefficient (Wildman–Crippen LogP) is 8.02. The van der Waals surface area contributed by atoms with Crippen LogP contribution in [-0.4, -0.2) is 19.7 Å². The molecule has 3 nitrogen and oxygen atoms in total. The van der Waals surface area contributed by atoms with Crippen molar-refractivity contribution in [1.82, 2.24) is 0 Å². The van der Waals surface area contributed by atoms with E-state index in [9.17, 15) is 8.42 Å². The number of hydrogen-bond donors (Lipinski definition) is 0. The molecule has 5 heteroatoms. The zero-order valence-electron chi connectivity index (χ0n) is 21.8. The van der Waals surface area contributed by atoms with E-state index in [4.69, 9.17) is 15.8 Å². The number of hydrogen-bond acceptors (Lipinski definition) is 3. The van der Waals surface area contributed by atoms with Crippen molar-refractivity contribution in [3.05, 3.63) is 0 Å². The van der Waals surface area contributed by atoms with Gasteiger partial charge < -0.3 is 0 Å². The quantitative estimate of drug-likeness (QED) is 0.250. The van der Waals surface area contributed by atoms with Gasteiger partial charge in [0.25, 0.3) is 10.1 Å². The first-order valence-corrected chi connectivity index (χ1v) is 16.1. The highest BCUT2D eigenvalue weighted by molar-refractivity contribution is 7.87. The maximum atomic E-state index is 11.9. The molecular weight excluding hydrogens is 452 g/mol. The van der Waals surface area contributed by atoms with Crippen LogP contribution in [0.15, 0.2) is 0 Å². The highest BCUT2D eigenvalue weighted by atomic mass is 35.5. The molecule has 0 bridgehead atoms. The van der Waals surface area contributed by atoms with E-state index in [1.165, 1.54) is 57.8 Å².